The Balaban J connectivity index is 2.02. The number of aliphatic carboxylic acids is 1. The van der Waals surface area contributed by atoms with Crippen molar-refractivity contribution >= 4 is 11.9 Å². The van der Waals surface area contributed by atoms with E-state index in [-0.39, 0.29) is 12.3 Å². The molecule has 26 heavy (non-hydrogen) atoms. The van der Waals surface area contributed by atoms with Crippen molar-refractivity contribution in [3.8, 4) is 5.75 Å². The van der Waals surface area contributed by atoms with Gasteiger partial charge in [-0.25, -0.2) is 4.79 Å². The Bertz CT molecular complexity index is 716. The number of hydrogen-bond donors (Lipinski definition) is 3. The molecule has 0 bridgehead atoms. The van der Waals surface area contributed by atoms with Crippen LogP contribution in [0.25, 0.3) is 0 Å². The molecule has 0 aliphatic rings. The second kappa shape index (κ2) is 9.58. The number of benzene rings is 2. The summed E-state index contributed by atoms with van der Waals surface area (Å²) in [6.45, 7) is 0. The molecule has 0 heterocycles. The average Bonchev–Trinajstić information content (AvgIpc) is 2.66. The van der Waals surface area contributed by atoms with Crippen molar-refractivity contribution < 1.29 is 19.4 Å². The average molecular weight is 356 g/mol. The third kappa shape index (κ3) is 5.60. The molecule has 2 aromatic carbocycles. The molecule has 0 saturated heterocycles. The van der Waals surface area contributed by atoms with E-state index in [4.69, 9.17) is 4.74 Å². The highest BCUT2D eigenvalue weighted by molar-refractivity contribution is 5.87. The van der Waals surface area contributed by atoms with Crippen LogP contribution in [-0.2, 0) is 22.4 Å². The summed E-state index contributed by atoms with van der Waals surface area (Å²) in [6.07, 6.45) is 0.685. The molecule has 2 rings (SSSR count). The highest BCUT2D eigenvalue weighted by Crippen LogP contribution is 2.13. The van der Waals surface area contributed by atoms with Crippen molar-refractivity contribution in [1.29, 1.82) is 0 Å². The first-order valence-corrected chi connectivity index (χ1v) is 8.40. The largest absolute Gasteiger partial charge is 0.497 e. The van der Waals surface area contributed by atoms with E-state index in [1.54, 1.807) is 38.4 Å². The normalized spacial score (nSPS) is 12.8. The second-order valence-corrected chi connectivity index (χ2v) is 5.98. The molecule has 3 N–H and O–H groups in total. The molecule has 1 amide bonds. The number of ether oxygens (including phenoxy) is 1. The summed E-state index contributed by atoms with van der Waals surface area (Å²) in [7, 11) is 3.26. The molecule has 6 heteroatoms. The van der Waals surface area contributed by atoms with Crippen molar-refractivity contribution in [2.45, 2.75) is 24.9 Å². The SMILES string of the molecule is CN[C@@H](Cc1ccccc1)C(=O)N[C@H](Cc1ccc(OC)cc1)C(=O)O. The van der Waals surface area contributed by atoms with Crippen LogP contribution in [0.15, 0.2) is 54.6 Å². The Morgan fingerprint density at radius 2 is 1.54 bits per heavy atom. The van der Waals surface area contributed by atoms with E-state index in [0.717, 1.165) is 11.1 Å². The van der Waals surface area contributed by atoms with E-state index < -0.39 is 18.1 Å². The summed E-state index contributed by atoms with van der Waals surface area (Å²) in [6, 6.07) is 15.2. The molecular weight excluding hydrogens is 332 g/mol. The summed E-state index contributed by atoms with van der Waals surface area (Å²) in [5, 5.41) is 15.1. The van der Waals surface area contributed by atoms with Crippen LogP contribution in [0, 0.1) is 0 Å². The molecule has 6 nitrogen and oxygen atoms in total. The van der Waals surface area contributed by atoms with Crippen molar-refractivity contribution in [3.05, 3.63) is 65.7 Å². The smallest absolute Gasteiger partial charge is 0.326 e. The van der Waals surface area contributed by atoms with Gasteiger partial charge < -0.3 is 20.5 Å². The van der Waals surface area contributed by atoms with Crippen LogP contribution in [0.1, 0.15) is 11.1 Å². The Kier molecular flexibility index (Phi) is 7.17. The van der Waals surface area contributed by atoms with E-state index in [0.29, 0.717) is 12.2 Å². The van der Waals surface area contributed by atoms with Gasteiger partial charge in [-0.3, -0.25) is 4.79 Å². The van der Waals surface area contributed by atoms with Gasteiger partial charge in [0.15, 0.2) is 0 Å². The molecule has 2 aromatic rings. The molecule has 0 aliphatic heterocycles. The number of carbonyl (C=O) groups is 2. The van der Waals surface area contributed by atoms with E-state index in [1.807, 2.05) is 30.3 Å². The van der Waals surface area contributed by atoms with Crippen LogP contribution in [0.3, 0.4) is 0 Å². The number of nitrogens with one attached hydrogen (secondary N) is 2. The lowest BCUT2D eigenvalue weighted by atomic mass is 10.0. The van der Waals surface area contributed by atoms with Crippen LogP contribution in [0.5, 0.6) is 5.75 Å². The van der Waals surface area contributed by atoms with Crippen LogP contribution in [0.4, 0.5) is 0 Å². The Morgan fingerprint density at radius 1 is 0.962 bits per heavy atom. The van der Waals surface area contributed by atoms with Gasteiger partial charge in [0, 0.05) is 6.42 Å². The van der Waals surface area contributed by atoms with Crippen molar-refractivity contribution in [1.82, 2.24) is 10.6 Å². The van der Waals surface area contributed by atoms with Crippen LogP contribution >= 0.6 is 0 Å². The van der Waals surface area contributed by atoms with Gasteiger partial charge in [0.1, 0.15) is 11.8 Å². The van der Waals surface area contributed by atoms with Crippen LogP contribution in [-0.4, -0.2) is 43.2 Å². The van der Waals surface area contributed by atoms with Crippen LogP contribution < -0.4 is 15.4 Å². The number of hydrogen-bond acceptors (Lipinski definition) is 4. The third-order valence-corrected chi connectivity index (χ3v) is 4.16. The van der Waals surface area contributed by atoms with Crippen LogP contribution in [0.2, 0.25) is 0 Å². The molecule has 138 valence electrons. The quantitative estimate of drug-likeness (QED) is 0.636. The first-order chi connectivity index (χ1) is 12.5. The first-order valence-electron chi connectivity index (χ1n) is 8.40. The monoisotopic (exact) mass is 356 g/mol. The van der Waals surface area contributed by atoms with Gasteiger partial charge in [0.25, 0.3) is 0 Å². The Hall–Kier alpha value is -2.86. The standard InChI is InChI=1S/C20H24N2O4/c1-21-17(12-14-6-4-3-5-7-14)19(23)22-18(20(24)25)13-15-8-10-16(26-2)11-9-15/h3-11,17-18,21H,12-13H2,1-2H3,(H,22,23)(H,24,25)/t17-,18+/m0/s1. The van der Waals surface area contributed by atoms with Crippen molar-refractivity contribution in [2.75, 3.05) is 14.2 Å². The van der Waals surface area contributed by atoms with Gasteiger partial charge in [-0.2, -0.15) is 0 Å². The van der Waals surface area contributed by atoms with E-state index in [1.165, 1.54) is 0 Å². The van der Waals surface area contributed by atoms with Crippen molar-refractivity contribution in [2.24, 2.45) is 0 Å². The molecule has 0 radical (unpaired) electrons. The molecule has 2 atom stereocenters. The fourth-order valence-electron chi connectivity index (χ4n) is 2.65. The number of methoxy groups -OCH3 is 1. The maximum atomic E-state index is 12.5. The summed E-state index contributed by atoms with van der Waals surface area (Å²) >= 11 is 0. The highest BCUT2D eigenvalue weighted by atomic mass is 16.5. The fourth-order valence-corrected chi connectivity index (χ4v) is 2.65. The maximum absolute atomic E-state index is 12.5. The topological polar surface area (TPSA) is 87.7 Å². The number of rotatable bonds is 9. The van der Waals surface area contributed by atoms with Gasteiger partial charge in [-0.05, 0) is 36.7 Å². The Morgan fingerprint density at radius 3 is 2.08 bits per heavy atom. The van der Waals surface area contributed by atoms with E-state index >= 15 is 0 Å². The third-order valence-electron chi connectivity index (χ3n) is 4.16. The summed E-state index contributed by atoms with van der Waals surface area (Å²) in [5.41, 5.74) is 1.81. The fraction of sp³-hybridized carbons (Fsp3) is 0.300. The zero-order valence-electron chi connectivity index (χ0n) is 14.9. The highest BCUT2D eigenvalue weighted by Gasteiger charge is 2.25. The molecule has 0 spiro atoms. The molecule has 0 fully saturated rings. The lowest BCUT2D eigenvalue weighted by molar-refractivity contribution is -0.142. The number of carboxylic acids is 1. The number of amides is 1. The van der Waals surface area contributed by atoms with E-state index in [2.05, 4.69) is 10.6 Å². The molecule has 0 aliphatic carbocycles. The molecule has 0 unspecified atom stereocenters. The van der Waals surface area contributed by atoms with Gasteiger partial charge >= 0.3 is 5.97 Å². The molecule has 0 saturated carbocycles. The second-order valence-electron chi connectivity index (χ2n) is 5.98. The first kappa shape index (κ1) is 19.5. The summed E-state index contributed by atoms with van der Waals surface area (Å²) in [4.78, 5) is 24.1. The van der Waals surface area contributed by atoms with Crippen molar-refractivity contribution in [3.63, 3.8) is 0 Å². The summed E-state index contributed by atoms with van der Waals surface area (Å²) < 4.78 is 5.09. The maximum Gasteiger partial charge on any atom is 0.326 e. The molecule has 0 aromatic heterocycles. The predicted molar refractivity (Wildman–Crippen MR) is 99.3 cm³/mol. The Labute approximate surface area is 153 Å². The summed E-state index contributed by atoms with van der Waals surface area (Å²) in [5.74, 6) is -0.705. The zero-order valence-corrected chi connectivity index (χ0v) is 14.9. The minimum atomic E-state index is -1.07. The number of carboxylic acid groups (broad SMARTS) is 1. The van der Waals surface area contributed by atoms with E-state index in [9.17, 15) is 14.7 Å². The minimum Gasteiger partial charge on any atom is -0.497 e. The lowest BCUT2D eigenvalue weighted by Gasteiger charge is -2.20. The molecular formula is C20H24N2O4. The van der Waals surface area contributed by atoms with Gasteiger partial charge in [-0.15, -0.1) is 0 Å². The van der Waals surface area contributed by atoms with Gasteiger partial charge in [0.05, 0.1) is 13.2 Å². The zero-order chi connectivity index (χ0) is 18.9. The minimum absolute atomic E-state index is 0.201. The van der Waals surface area contributed by atoms with Gasteiger partial charge in [0.2, 0.25) is 5.91 Å². The lowest BCUT2D eigenvalue weighted by Crippen LogP contribution is -2.51. The predicted octanol–water partition coefficient (Wildman–Crippen LogP) is 1.64. The van der Waals surface area contributed by atoms with Gasteiger partial charge in [-0.1, -0.05) is 42.5 Å². The number of likely N-dealkylation sites (N-methyl/N-ethyl adjacent to an activating group) is 1. The number of carbonyl (C=O) groups excluding carboxylic acids is 1.